The molecule has 4 aromatic rings. The first-order chi connectivity index (χ1) is 17.6. The number of hydrogen-bond acceptors (Lipinski definition) is 6. The molecule has 0 saturated carbocycles. The molecule has 0 aliphatic heterocycles. The molecule has 0 aliphatic rings. The third kappa shape index (κ3) is 6.51. The lowest BCUT2D eigenvalue weighted by atomic mass is 10.1. The predicted octanol–water partition coefficient (Wildman–Crippen LogP) is 6.52. The molecule has 0 atom stereocenters. The van der Waals surface area contributed by atoms with Gasteiger partial charge in [0.1, 0.15) is 18.2 Å². The number of methoxy groups -OCH3 is 1. The molecule has 1 N–H and O–H groups in total. The van der Waals surface area contributed by atoms with Crippen LogP contribution >= 0.6 is 22.9 Å². The predicted molar refractivity (Wildman–Crippen MR) is 142 cm³/mol. The van der Waals surface area contributed by atoms with Gasteiger partial charge in [-0.05, 0) is 41.0 Å². The van der Waals surface area contributed by atoms with Crippen molar-refractivity contribution in [2.24, 2.45) is 0 Å². The van der Waals surface area contributed by atoms with Gasteiger partial charge in [-0.25, -0.2) is 4.98 Å². The number of amides is 1. The normalized spacial score (nSPS) is 11.0. The monoisotopic (exact) mass is 515 g/mol. The number of ether oxygens (including phenoxy) is 2. The largest absolute Gasteiger partial charge is 0.493 e. The van der Waals surface area contributed by atoms with Crippen molar-refractivity contribution in [1.82, 2.24) is 4.98 Å². The van der Waals surface area contributed by atoms with E-state index in [0.717, 1.165) is 16.0 Å². The van der Waals surface area contributed by atoms with Gasteiger partial charge < -0.3 is 9.47 Å². The summed E-state index contributed by atoms with van der Waals surface area (Å²) in [5, 5.41) is 13.4. The second kappa shape index (κ2) is 12.0. The molecule has 0 radical (unpaired) electrons. The van der Waals surface area contributed by atoms with Crippen LogP contribution in [0, 0.1) is 11.3 Å². The number of thiazole rings is 1. The Morgan fingerprint density at radius 3 is 2.64 bits per heavy atom. The third-order valence-electron chi connectivity index (χ3n) is 5.20. The Bertz CT molecular complexity index is 1430. The van der Waals surface area contributed by atoms with Crippen LogP contribution in [-0.2, 0) is 17.8 Å². The van der Waals surface area contributed by atoms with Gasteiger partial charge in [-0.1, -0.05) is 66.2 Å². The molecule has 0 bridgehead atoms. The molecule has 36 heavy (non-hydrogen) atoms. The van der Waals surface area contributed by atoms with E-state index in [1.165, 1.54) is 17.4 Å². The molecule has 4 rings (SSSR count). The highest BCUT2D eigenvalue weighted by atomic mass is 35.5. The van der Waals surface area contributed by atoms with Crippen LogP contribution in [0.15, 0.2) is 84.6 Å². The molecule has 1 aromatic heterocycles. The van der Waals surface area contributed by atoms with Gasteiger partial charge in [0.25, 0.3) is 5.91 Å². The summed E-state index contributed by atoms with van der Waals surface area (Å²) in [5.41, 5.74) is 2.58. The van der Waals surface area contributed by atoms with E-state index >= 15 is 0 Å². The van der Waals surface area contributed by atoms with E-state index in [2.05, 4.69) is 10.3 Å². The van der Waals surface area contributed by atoms with Crippen molar-refractivity contribution in [3.05, 3.63) is 111 Å². The number of nitrogens with one attached hydrogen (secondary N) is 1. The van der Waals surface area contributed by atoms with Crippen LogP contribution < -0.4 is 14.8 Å². The fraction of sp³-hybridized carbons (Fsp3) is 0.107. The van der Waals surface area contributed by atoms with Crippen LogP contribution in [0.2, 0.25) is 5.02 Å². The van der Waals surface area contributed by atoms with Crippen LogP contribution in [0.4, 0.5) is 5.13 Å². The zero-order valence-corrected chi connectivity index (χ0v) is 21.0. The number of nitrogens with zero attached hydrogens (tertiary/aromatic N) is 2. The van der Waals surface area contributed by atoms with E-state index in [1.54, 1.807) is 31.5 Å². The first-order valence-corrected chi connectivity index (χ1v) is 12.2. The van der Waals surface area contributed by atoms with E-state index < -0.39 is 5.91 Å². The highest BCUT2D eigenvalue weighted by Crippen LogP contribution is 2.30. The summed E-state index contributed by atoms with van der Waals surface area (Å²) in [4.78, 5) is 17.9. The van der Waals surface area contributed by atoms with Crippen molar-refractivity contribution in [3.8, 4) is 17.6 Å². The minimum absolute atomic E-state index is 0.0575. The van der Waals surface area contributed by atoms with Crippen molar-refractivity contribution >= 4 is 40.1 Å². The average molecular weight is 516 g/mol. The molecule has 180 valence electrons. The Hall–Kier alpha value is -4.12. The third-order valence-corrected chi connectivity index (χ3v) is 6.48. The molecule has 1 amide bonds. The average Bonchev–Trinajstić information content (AvgIpc) is 3.34. The second-order valence-electron chi connectivity index (χ2n) is 7.71. The van der Waals surface area contributed by atoms with Gasteiger partial charge in [0.2, 0.25) is 0 Å². The number of carbonyl (C=O) groups excluding carboxylic acids is 1. The minimum atomic E-state index is -0.542. The second-order valence-corrected chi connectivity index (χ2v) is 9.23. The quantitative estimate of drug-likeness (QED) is 0.202. The van der Waals surface area contributed by atoms with E-state index in [0.29, 0.717) is 40.2 Å². The molecule has 6 nitrogen and oxygen atoms in total. The summed E-state index contributed by atoms with van der Waals surface area (Å²) in [6.07, 6.45) is 3.79. The minimum Gasteiger partial charge on any atom is -0.493 e. The van der Waals surface area contributed by atoms with Gasteiger partial charge in [0, 0.05) is 22.5 Å². The van der Waals surface area contributed by atoms with E-state index in [9.17, 15) is 10.1 Å². The molecule has 0 unspecified atom stereocenters. The fourth-order valence-corrected chi connectivity index (χ4v) is 4.42. The van der Waals surface area contributed by atoms with E-state index in [1.807, 2.05) is 60.7 Å². The van der Waals surface area contributed by atoms with E-state index in [-0.39, 0.29) is 5.57 Å². The molecular weight excluding hydrogens is 494 g/mol. The van der Waals surface area contributed by atoms with Crippen molar-refractivity contribution in [2.45, 2.75) is 13.0 Å². The van der Waals surface area contributed by atoms with Gasteiger partial charge in [-0.2, -0.15) is 5.26 Å². The van der Waals surface area contributed by atoms with Crippen molar-refractivity contribution in [1.29, 1.82) is 5.26 Å². The van der Waals surface area contributed by atoms with Gasteiger partial charge >= 0.3 is 0 Å². The molecular formula is C28H22ClN3O3S. The molecule has 1 heterocycles. The number of halogens is 1. The Balaban J connectivity index is 1.43. The maximum absolute atomic E-state index is 12.7. The molecule has 3 aromatic carbocycles. The number of carbonyl (C=O) groups is 1. The number of anilines is 1. The lowest BCUT2D eigenvalue weighted by molar-refractivity contribution is -0.112. The summed E-state index contributed by atoms with van der Waals surface area (Å²) >= 11 is 7.57. The highest BCUT2D eigenvalue weighted by Gasteiger charge is 2.14. The topological polar surface area (TPSA) is 84.2 Å². The van der Waals surface area contributed by atoms with Crippen molar-refractivity contribution in [3.63, 3.8) is 0 Å². The molecule has 0 fully saturated rings. The summed E-state index contributed by atoms with van der Waals surface area (Å²) in [6, 6.07) is 24.6. The van der Waals surface area contributed by atoms with Crippen LogP contribution in [0.25, 0.3) is 6.08 Å². The summed E-state index contributed by atoms with van der Waals surface area (Å²) in [6.45, 7) is 0.393. The first-order valence-electron chi connectivity index (χ1n) is 11.0. The lowest BCUT2D eigenvalue weighted by Gasteiger charge is -2.11. The SMILES string of the molecule is COc1cc(/C=C(\C#N)C(=O)Nc2ncc(Cc3ccccc3Cl)s2)ccc1OCc1ccccc1. The zero-order valence-electron chi connectivity index (χ0n) is 19.4. The Morgan fingerprint density at radius 1 is 1.11 bits per heavy atom. The highest BCUT2D eigenvalue weighted by molar-refractivity contribution is 7.15. The van der Waals surface area contributed by atoms with Crippen LogP contribution in [-0.4, -0.2) is 18.0 Å². The van der Waals surface area contributed by atoms with Gasteiger partial charge in [0.05, 0.1) is 7.11 Å². The van der Waals surface area contributed by atoms with Gasteiger partial charge in [-0.3, -0.25) is 10.1 Å². The maximum Gasteiger partial charge on any atom is 0.268 e. The smallest absolute Gasteiger partial charge is 0.268 e. The standard InChI is InChI=1S/C28H22ClN3O3S/c1-34-26-14-20(11-12-25(26)35-18-19-7-3-2-4-8-19)13-22(16-30)27(33)32-28-31-17-23(36-28)15-21-9-5-6-10-24(21)29/h2-14,17H,15,18H2,1H3,(H,31,32,33)/b22-13+. The van der Waals surface area contributed by atoms with Gasteiger partial charge in [-0.15, -0.1) is 11.3 Å². The summed E-state index contributed by atoms with van der Waals surface area (Å²) in [5.74, 6) is 0.524. The molecule has 0 aliphatic carbocycles. The Labute approximate surface area is 218 Å². The Morgan fingerprint density at radius 2 is 1.89 bits per heavy atom. The summed E-state index contributed by atoms with van der Waals surface area (Å²) in [7, 11) is 1.54. The van der Waals surface area contributed by atoms with Crippen molar-refractivity contribution in [2.75, 3.05) is 12.4 Å². The Kier molecular flexibility index (Phi) is 8.35. The van der Waals surface area contributed by atoms with Crippen LogP contribution in [0.3, 0.4) is 0 Å². The zero-order chi connectivity index (χ0) is 25.3. The first kappa shape index (κ1) is 25.0. The lowest BCUT2D eigenvalue weighted by Crippen LogP contribution is -2.13. The fourth-order valence-electron chi connectivity index (χ4n) is 3.38. The van der Waals surface area contributed by atoms with Crippen molar-refractivity contribution < 1.29 is 14.3 Å². The molecule has 8 heteroatoms. The molecule has 0 spiro atoms. The molecule has 0 saturated heterocycles. The van der Waals surface area contributed by atoms with Gasteiger partial charge in [0.15, 0.2) is 16.6 Å². The van der Waals surface area contributed by atoms with Crippen LogP contribution in [0.1, 0.15) is 21.6 Å². The summed E-state index contributed by atoms with van der Waals surface area (Å²) < 4.78 is 11.3. The number of benzene rings is 3. The van der Waals surface area contributed by atoms with E-state index in [4.69, 9.17) is 21.1 Å². The van der Waals surface area contributed by atoms with Crippen LogP contribution in [0.5, 0.6) is 11.5 Å². The number of nitriles is 1. The number of rotatable bonds is 9. The number of aromatic nitrogens is 1. The maximum atomic E-state index is 12.7. The number of hydrogen-bond donors (Lipinski definition) is 1.